The molecule has 0 saturated heterocycles. The zero-order valence-electron chi connectivity index (χ0n) is 9.35. The standard InChI is InChI=1S/C10H11Cl2N3O3/c1-14-10(17)18-15-9(13)8(16)6-3-2-5(11)4-7(6)12/h2-4,8,16H,1H3,(H2,13,15)(H,14,17)/t8-/m1/s1. The van der Waals surface area contributed by atoms with Gasteiger partial charge in [-0.3, -0.25) is 4.84 Å². The van der Waals surface area contributed by atoms with Gasteiger partial charge in [-0.25, -0.2) is 4.79 Å². The Morgan fingerprint density at radius 2 is 2.22 bits per heavy atom. The summed E-state index contributed by atoms with van der Waals surface area (Å²) in [7, 11) is 1.36. The summed E-state index contributed by atoms with van der Waals surface area (Å²) in [6, 6.07) is 4.49. The van der Waals surface area contributed by atoms with E-state index >= 15 is 0 Å². The largest absolute Gasteiger partial charge is 0.433 e. The van der Waals surface area contributed by atoms with Crippen molar-refractivity contribution < 1.29 is 14.7 Å². The number of halogens is 2. The van der Waals surface area contributed by atoms with Gasteiger partial charge in [0.15, 0.2) is 5.84 Å². The van der Waals surface area contributed by atoms with Gasteiger partial charge < -0.3 is 16.2 Å². The Kier molecular flexibility index (Phi) is 5.21. The first-order valence-corrected chi connectivity index (χ1v) is 5.56. The van der Waals surface area contributed by atoms with E-state index in [9.17, 15) is 9.90 Å². The molecular formula is C10H11Cl2N3O3. The molecule has 1 aromatic rings. The number of rotatable bonds is 3. The third-order valence-electron chi connectivity index (χ3n) is 1.98. The molecule has 0 aliphatic carbocycles. The van der Waals surface area contributed by atoms with Crippen LogP contribution in [-0.2, 0) is 4.84 Å². The molecule has 0 spiro atoms. The molecular weight excluding hydrogens is 281 g/mol. The number of carbonyl (C=O) groups excluding carboxylic acids is 1. The Labute approximate surface area is 113 Å². The van der Waals surface area contributed by atoms with Crippen LogP contribution in [0.5, 0.6) is 0 Å². The van der Waals surface area contributed by atoms with Crippen LogP contribution in [-0.4, -0.2) is 24.1 Å². The molecule has 0 heterocycles. The number of carbonyl (C=O) groups is 1. The molecule has 4 N–H and O–H groups in total. The number of hydrogen-bond acceptors (Lipinski definition) is 4. The summed E-state index contributed by atoms with van der Waals surface area (Å²) < 4.78 is 0. The van der Waals surface area contributed by atoms with Crippen LogP contribution in [0, 0.1) is 0 Å². The third kappa shape index (κ3) is 3.76. The average Bonchev–Trinajstić information content (AvgIpc) is 2.34. The van der Waals surface area contributed by atoms with E-state index in [1.54, 1.807) is 6.07 Å². The molecule has 18 heavy (non-hydrogen) atoms. The maximum Gasteiger partial charge on any atom is 0.433 e. The van der Waals surface area contributed by atoms with E-state index in [-0.39, 0.29) is 10.9 Å². The normalized spacial score (nSPS) is 13.0. The van der Waals surface area contributed by atoms with E-state index in [2.05, 4.69) is 15.3 Å². The Morgan fingerprint density at radius 3 is 2.78 bits per heavy atom. The number of oxime groups is 1. The van der Waals surface area contributed by atoms with Gasteiger partial charge >= 0.3 is 6.09 Å². The van der Waals surface area contributed by atoms with E-state index in [1.807, 2.05) is 0 Å². The number of amides is 1. The van der Waals surface area contributed by atoms with Gasteiger partial charge in [-0.15, -0.1) is 0 Å². The number of hydrogen-bond donors (Lipinski definition) is 3. The molecule has 1 atom stereocenters. The van der Waals surface area contributed by atoms with Gasteiger partial charge in [-0.2, -0.15) is 0 Å². The highest BCUT2D eigenvalue weighted by atomic mass is 35.5. The minimum atomic E-state index is -1.29. The van der Waals surface area contributed by atoms with E-state index in [1.165, 1.54) is 19.2 Å². The second-order valence-electron chi connectivity index (χ2n) is 3.21. The van der Waals surface area contributed by atoms with E-state index in [0.717, 1.165) is 0 Å². The van der Waals surface area contributed by atoms with Crippen molar-refractivity contribution in [2.45, 2.75) is 6.10 Å². The van der Waals surface area contributed by atoms with E-state index in [4.69, 9.17) is 28.9 Å². The predicted octanol–water partition coefficient (Wildman–Crippen LogP) is 1.65. The Bertz CT molecular complexity index is 479. The van der Waals surface area contributed by atoms with Crippen LogP contribution in [0.25, 0.3) is 0 Å². The topological polar surface area (TPSA) is 96.9 Å². The molecule has 0 aliphatic heterocycles. The number of nitrogens with one attached hydrogen (secondary N) is 1. The van der Waals surface area contributed by atoms with Crippen LogP contribution in [0.4, 0.5) is 4.79 Å². The van der Waals surface area contributed by atoms with E-state index in [0.29, 0.717) is 10.6 Å². The lowest BCUT2D eigenvalue weighted by atomic mass is 10.1. The number of amidine groups is 1. The Morgan fingerprint density at radius 1 is 1.56 bits per heavy atom. The predicted molar refractivity (Wildman–Crippen MR) is 68.6 cm³/mol. The fourth-order valence-corrected chi connectivity index (χ4v) is 1.58. The van der Waals surface area contributed by atoms with Gasteiger partial charge in [-0.05, 0) is 12.1 Å². The highest BCUT2D eigenvalue weighted by Crippen LogP contribution is 2.26. The summed E-state index contributed by atoms with van der Waals surface area (Å²) in [5.74, 6) is -0.303. The summed E-state index contributed by atoms with van der Waals surface area (Å²) in [6.07, 6.45) is -2.09. The van der Waals surface area contributed by atoms with Crippen molar-refractivity contribution in [3.8, 4) is 0 Å². The lowest BCUT2D eigenvalue weighted by Gasteiger charge is -2.11. The third-order valence-corrected chi connectivity index (χ3v) is 2.54. The maximum atomic E-state index is 10.8. The monoisotopic (exact) mass is 291 g/mol. The molecule has 1 aromatic carbocycles. The zero-order chi connectivity index (χ0) is 13.7. The number of aliphatic hydroxyl groups excluding tert-OH is 1. The van der Waals surface area contributed by atoms with Crippen molar-refractivity contribution in [1.29, 1.82) is 0 Å². The second-order valence-corrected chi connectivity index (χ2v) is 4.06. The van der Waals surface area contributed by atoms with Crippen molar-refractivity contribution in [1.82, 2.24) is 5.32 Å². The molecule has 1 rings (SSSR count). The van der Waals surface area contributed by atoms with Gasteiger partial charge in [0.1, 0.15) is 6.10 Å². The molecule has 0 bridgehead atoms. The van der Waals surface area contributed by atoms with Crippen LogP contribution in [0.1, 0.15) is 11.7 Å². The van der Waals surface area contributed by atoms with Crippen LogP contribution in [0.15, 0.2) is 23.4 Å². The lowest BCUT2D eigenvalue weighted by molar-refractivity contribution is 0.149. The minimum absolute atomic E-state index is 0.230. The number of nitrogens with zero attached hydrogens (tertiary/aromatic N) is 1. The number of aliphatic hydroxyl groups is 1. The molecule has 0 radical (unpaired) electrons. The highest BCUT2D eigenvalue weighted by Gasteiger charge is 2.17. The van der Waals surface area contributed by atoms with Crippen molar-refractivity contribution in [2.24, 2.45) is 10.9 Å². The Hall–Kier alpha value is -1.50. The van der Waals surface area contributed by atoms with Gasteiger partial charge in [0.25, 0.3) is 0 Å². The summed E-state index contributed by atoms with van der Waals surface area (Å²) in [4.78, 5) is 15.1. The van der Waals surface area contributed by atoms with Crippen molar-refractivity contribution in [3.05, 3.63) is 33.8 Å². The first kappa shape index (κ1) is 14.6. The first-order chi connectivity index (χ1) is 8.45. The van der Waals surface area contributed by atoms with Gasteiger partial charge in [0.2, 0.25) is 0 Å². The molecule has 6 nitrogen and oxygen atoms in total. The van der Waals surface area contributed by atoms with Crippen LogP contribution >= 0.6 is 23.2 Å². The highest BCUT2D eigenvalue weighted by molar-refractivity contribution is 6.35. The number of benzene rings is 1. The number of nitrogens with two attached hydrogens (primary N) is 1. The van der Waals surface area contributed by atoms with Crippen molar-refractivity contribution in [2.75, 3.05) is 7.05 Å². The smallest absolute Gasteiger partial charge is 0.382 e. The molecule has 0 aromatic heterocycles. The lowest BCUT2D eigenvalue weighted by Crippen LogP contribution is -2.24. The summed E-state index contributed by atoms with van der Waals surface area (Å²) in [6.45, 7) is 0. The maximum absolute atomic E-state index is 10.8. The molecule has 1 amide bonds. The van der Waals surface area contributed by atoms with Crippen molar-refractivity contribution in [3.63, 3.8) is 0 Å². The average molecular weight is 292 g/mol. The summed E-state index contributed by atoms with van der Waals surface area (Å²) in [5.41, 5.74) is 5.77. The zero-order valence-corrected chi connectivity index (χ0v) is 10.9. The van der Waals surface area contributed by atoms with Gasteiger partial charge in [0.05, 0.1) is 0 Å². The fourth-order valence-electron chi connectivity index (χ4n) is 1.07. The molecule has 0 saturated carbocycles. The molecule has 8 heteroatoms. The first-order valence-electron chi connectivity index (χ1n) is 4.80. The fraction of sp³-hybridized carbons (Fsp3) is 0.200. The van der Waals surface area contributed by atoms with Crippen LogP contribution in [0.3, 0.4) is 0 Å². The molecule has 0 fully saturated rings. The van der Waals surface area contributed by atoms with Crippen LogP contribution < -0.4 is 11.1 Å². The molecule has 0 aliphatic rings. The SMILES string of the molecule is CNC(=O)O/N=C(/N)[C@H](O)c1ccc(Cl)cc1Cl. The summed E-state index contributed by atoms with van der Waals surface area (Å²) >= 11 is 11.6. The quantitative estimate of drug-likeness (QED) is 0.341. The van der Waals surface area contributed by atoms with Crippen LogP contribution in [0.2, 0.25) is 10.0 Å². The molecule has 0 unspecified atom stereocenters. The Balaban J connectivity index is 2.86. The van der Waals surface area contributed by atoms with Crippen molar-refractivity contribution >= 4 is 35.1 Å². The van der Waals surface area contributed by atoms with Gasteiger partial charge in [-0.1, -0.05) is 34.4 Å². The minimum Gasteiger partial charge on any atom is -0.382 e. The molecule has 98 valence electrons. The second kappa shape index (κ2) is 6.44. The summed E-state index contributed by atoms with van der Waals surface area (Å²) in [5, 5.41) is 15.9. The van der Waals surface area contributed by atoms with E-state index < -0.39 is 12.2 Å². The van der Waals surface area contributed by atoms with Gasteiger partial charge in [0, 0.05) is 22.7 Å².